The maximum absolute atomic E-state index is 12.3. The van der Waals surface area contributed by atoms with Gasteiger partial charge in [0.25, 0.3) is 0 Å². The van der Waals surface area contributed by atoms with Crippen LogP contribution in [0.15, 0.2) is 47.6 Å². The SMILES string of the molecule is CCC(N)(CC)CNS(=O)(=O)c1cnc(-c2ccccc2)nc1.Cl. The average Bonchev–Trinajstić information content (AvgIpc) is 2.61. The van der Waals surface area contributed by atoms with Gasteiger partial charge in [0, 0.05) is 17.6 Å². The van der Waals surface area contributed by atoms with Gasteiger partial charge in [-0.3, -0.25) is 0 Å². The molecule has 6 nitrogen and oxygen atoms in total. The molecule has 3 N–H and O–H groups in total. The lowest BCUT2D eigenvalue weighted by Gasteiger charge is -2.26. The number of nitrogens with two attached hydrogens (primary N) is 1. The van der Waals surface area contributed by atoms with Crippen LogP contribution in [0, 0.1) is 0 Å². The minimum atomic E-state index is -3.67. The third-order valence-electron chi connectivity index (χ3n) is 3.99. The van der Waals surface area contributed by atoms with Crippen LogP contribution in [-0.4, -0.2) is 30.5 Å². The quantitative estimate of drug-likeness (QED) is 0.779. The molecule has 0 saturated heterocycles. The van der Waals surface area contributed by atoms with E-state index in [0.717, 1.165) is 5.56 Å². The Labute approximate surface area is 149 Å². The number of benzene rings is 1. The van der Waals surface area contributed by atoms with E-state index in [1.165, 1.54) is 12.4 Å². The number of nitrogens with zero attached hydrogens (tertiary/aromatic N) is 2. The number of halogens is 1. The van der Waals surface area contributed by atoms with Crippen LogP contribution < -0.4 is 10.5 Å². The molecule has 1 aromatic carbocycles. The van der Waals surface area contributed by atoms with Crippen molar-refractivity contribution in [2.45, 2.75) is 37.1 Å². The molecule has 0 aliphatic heterocycles. The largest absolute Gasteiger partial charge is 0.324 e. The fourth-order valence-electron chi connectivity index (χ4n) is 2.01. The molecule has 0 saturated carbocycles. The van der Waals surface area contributed by atoms with Gasteiger partial charge < -0.3 is 5.73 Å². The molecule has 132 valence electrons. The molecule has 0 aliphatic rings. The Hall–Kier alpha value is -1.54. The van der Waals surface area contributed by atoms with Crippen LogP contribution in [0.3, 0.4) is 0 Å². The first-order chi connectivity index (χ1) is 10.9. The summed E-state index contributed by atoms with van der Waals surface area (Å²) in [5.74, 6) is 0.486. The van der Waals surface area contributed by atoms with Crippen LogP contribution >= 0.6 is 12.4 Å². The smallest absolute Gasteiger partial charge is 0.243 e. The second-order valence-corrected chi connectivity index (χ2v) is 7.27. The molecule has 8 heteroatoms. The maximum atomic E-state index is 12.3. The summed E-state index contributed by atoms with van der Waals surface area (Å²) in [6.45, 7) is 4.06. The first kappa shape index (κ1) is 20.5. The number of rotatable bonds is 7. The Morgan fingerprint density at radius 1 is 1.08 bits per heavy atom. The summed E-state index contributed by atoms with van der Waals surface area (Å²) >= 11 is 0. The molecule has 0 unspecified atom stereocenters. The number of sulfonamides is 1. The van der Waals surface area contributed by atoms with Crippen LogP contribution in [0.1, 0.15) is 26.7 Å². The van der Waals surface area contributed by atoms with E-state index in [-0.39, 0.29) is 23.8 Å². The minimum absolute atomic E-state index is 0. The lowest BCUT2D eigenvalue weighted by molar-refractivity contribution is 0.391. The second kappa shape index (κ2) is 8.53. The molecule has 0 radical (unpaired) electrons. The standard InChI is InChI=1S/C16H22N4O2S.ClH/c1-3-16(17,4-2)12-20-23(21,22)14-10-18-15(19-11-14)13-8-6-5-7-9-13;/h5-11,20H,3-4,12,17H2,1-2H3;1H. The summed E-state index contributed by atoms with van der Waals surface area (Å²) in [6.07, 6.45) is 4.01. The van der Waals surface area contributed by atoms with Crippen molar-refractivity contribution in [3.05, 3.63) is 42.7 Å². The highest BCUT2D eigenvalue weighted by atomic mass is 35.5. The van der Waals surface area contributed by atoms with Gasteiger partial charge in [-0.2, -0.15) is 0 Å². The van der Waals surface area contributed by atoms with E-state index >= 15 is 0 Å². The van der Waals surface area contributed by atoms with E-state index in [0.29, 0.717) is 18.7 Å². The molecule has 0 aliphatic carbocycles. The fraction of sp³-hybridized carbons (Fsp3) is 0.375. The van der Waals surface area contributed by atoms with E-state index < -0.39 is 15.6 Å². The summed E-state index contributed by atoms with van der Waals surface area (Å²) in [4.78, 5) is 8.31. The lowest BCUT2D eigenvalue weighted by atomic mass is 9.95. The van der Waals surface area contributed by atoms with Gasteiger partial charge in [0.1, 0.15) is 4.90 Å². The van der Waals surface area contributed by atoms with Crippen molar-refractivity contribution in [3.8, 4) is 11.4 Å². The van der Waals surface area contributed by atoms with E-state index in [1.54, 1.807) is 0 Å². The third kappa shape index (κ3) is 4.98. The van der Waals surface area contributed by atoms with E-state index in [4.69, 9.17) is 5.73 Å². The van der Waals surface area contributed by atoms with Crippen LogP contribution in [-0.2, 0) is 10.0 Å². The topological polar surface area (TPSA) is 98.0 Å². The van der Waals surface area contributed by atoms with Gasteiger partial charge in [-0.15, -0.1) is 12.4 Å². The Morgan fingerprint density at radius 2 is 1.62 bits per heavy atom. The van der Waals surface area contributed by atoms with Crippen molar-refractivity contribution in [3.63, 3.8) is 0 Å². The number of aromatic nitrogens is 2. The predicted molar refractivity (Wildman–Crippen MR) is 97.4 cm³/mol. The Kier molecular flexibility index (Phi) is 7.28. The van der Waals surface area contributed by atoms with Gasteiger partial charge in [-0.25, -0.2) is 23.1 Å². The molecule has 0 atom stereocenters. The van der Waals surface area contributed by atoms with Crippen molar-refractivity contribution >= 4 is 22.4 Å². The van der Waals surface area contributed by atoms with Crippen molar-refractivity contribution in [2.24, 2.45) is 5.73 Å². The normalized spacial score (nSPS) is 11.8. The monoisotopic (exact) mass is 370 g/mol. The van der Waals surface area contributed by atoms with Gasteiger partial charge in [0.2, 0.25) is 10.0 Å². The first-order valence-electron chi connectivity index (χ1n) is 7.56. The Morgan fingerprint density at radius 3 is 2.12 bits per heavy atom. The Balaban J connectivity index is 0.00000288. The fourth-order valence-corrected chi connectivity index (χ4v) is 3.04. The van der Waals surface area contributed by atoms with Crippen LogP contribution in [0.5, 0.6) is 0 Å². The molecule has 2 rings (SSSR count). The lowest BCUT2D eigenvalue weighted by Crippen LogP contribution is -2.49. The zero-order chi connectivity index (χ0) is 16.9. The van der Waals surface area contributed by atoms with Gasteiger partial charge >= 0.3 is 0 Å². The summed E-state index contributed by atoms with van der Waals surface area (Å²) in [5.41, 5.74) is 6.42. The van der Waals surface area contributed by atoms with E-state index in [2.05, 4.69) is 14.7 Å². The third-order valence-corrected chi connectivity index (χ3v) is 5.35. The summed E-state index contributed by atoms with van der Waals surface area (Å²) in [6, 6.07) is 9.38. The molecule has 0 bridgehead atoms. The second-order valence-electron chi connectivity index (χ2n) is 5.50. The summed E-state index contributed by atoms with van der Waals surface area (Å²) in [7, 11) is -3.67. The molecule has 0 amide bonds. The van der Waals surface area contributed by atoms with Crippen molar-refractivity contribution in [1.29, 1.82) is 0 Å². The molecular formula is C16H23ClN4O2S. The Bertz CT molecular complexity index is 732. The number of nitrogens with one attached hydrogen (secondary N) is 1. The van der Waals surface area contributed by atoms with Gasteiger partial charge in [0.05, 0.1) is 12.4 Å². The van der Waals surface area contributed by atoms with Crippen molar-refractivity contribution in [2.75, 3.05) is 6.54 Å². The van der Waals surface area contributed by atoms with Crippen molar-refractivity contribution < 1.29 is 8.42 Å². The maximum Gasteiger partial charge on any atom is 0.243 e. The van der Waals surface area contributed by atoms with E-state index in [1.807, 2.05) is 44.2 Å². The highest BCUT2D eigenvalue weighted by molar-refractivity contribution is 7.89. The number of hydrogen-bond acceptors (Lipinski definition) is 5. The van der Waals surface area contributed by atoms with Gasteiger partial charge in [0.15, 0.2) is 5.82 Å². The zero-order valence-corrected chi connectivity index (χ0v) is 15.4. The van der Waals surface area contributed by atoms with E-state index in [9.17, 15) is 8.42 Å². The number of hydrogen-bond donors (Lipinski definition) is 2. The first-order valence-corrected chi connectivity index (χ1v) is 9.04. The van der Waals surface area contributed by atoms with Crippen LogP contribution in [0.25, 0.3) is 11.4 Å². The van der Waals surface area contributed by atoms with Gasteiger partial charge in [-0.05, 0) is 12.8 Å². The summed E-state index contributed by atoms with van der Waals surface area (Å²) < 4.78 is 27.2. The molecule has 2 aromatic rings. The zero-order valence-electron chi connectivity index (χ0n) is 13.8. The molecule has 0 spiro atoms. The predicted octanol–water partition coefficient (Wildman–Crippen LogP) is 2.36. The molecule has 1 heterocycles. The highest BCUT2D eigenvalue weighted by Crippen LogP contribution is 2.16. The molecule has 0 fully saturated rings. The molecule has 24 heavy (non-hydrogen) atoms. The average molecular weight is 371 g/mol. The van der Waals surface area contributed by atoms with Crippen LogP contribution in [0.2, 0.25) is 0 Å². The minimum Gasteiger partial charge on any atom is -0.324 e. The van der Waals surface area contributed by atoms with Crippen molar-refractivity contribution in [1.82, 2.24) is 14.7 Å². The molecular weight excluding hydrogens is 348 g/mol. The molecule has 1 aromatic heterocycles. The van der Waals surface area contributed by atoms with Crippen LogP contribution in [0.4, 0.5) is 0 Å². The highest BCUT2D eigenvalue weighted by Gasteiger charge is 2.24. The summed E-state index contributed by atoms with van der Waals surface area (Å²) in [5, 5.41) is 0. The van der Waals surface area contributed by atoms with Gasteiger partial charge in [-0.1, -0.05) is 44.2 Å².